The van der Waals surface area contributed by atoms with E-state index in [9.17, 15) is 9.59 Å². The maximum Gasteiger partial charge on any atom is 0.166 e. The van der Waals surface area contributed by atoms with Crippen molar-refractivity contribution in [2.24, 2.45) is 11.3 Å². The third-order valence-corrected chi connectivity index (χ3v) is 5.62. The van der Waals surface area contributed by atoms with Gasteiger partial charge in [0.1, 0.15) is 11.5 Å². The van der Waals surface area contributed by atoms with Gasteiger partial charge in [0, 0.05) is 29.2 Å². The Hall–Kier alpha value is -2.42. The molecule has 3 rings (SSSR count). The van der Waals surface area contributed by atoms with Crippen molar-refractivity contribution in [3.05, 3.63) is 65.2 Å². The zero-order valence-corrected chi connectivity index (χ0v) is 16.6. The number of ether oxygens (including phenoxy) is 1. The first-order valence-corrected chi connectivity index (χ1v) is 9.60. The molecule has 27 heavy (non-hydrogen) atoms. The lowest BCUT2D eigenvalue weighted by molar-refractivity contribution is -0.126. The van der Waals surface area contributed by atoms with Crippen LogP contribution in [0.5, 0.6) is 5.75 Å². The molecular formula is C24H28O3. The fourth-order valence-corrected chi connectivity index (χ4v) is 3.85. The highest BCUT2D eigenvalue weighted by Gasteiger charge is 2.37. The van der Waals surface area contributed by atoms with Gasteiger partial charge in [0.25, 0.3) is 0 Å². The number of hydrogen-bond acceptors (Lipinski definition) is 3. The highest BCUT2D eigenvalue weighted by atomic mass is 16.5. The number of benzene rings is 2. The van der Waals surface area contributed by atoms with Gasteiger partial charge in [0.05, 0.1) is 7.11 Å². The molecule has 3 heteroatoms. The lowest BCUT2D eigenvalue weighted by Crippen LogP contribution is -2.32. The molecule has 0 saturated carbocycles. The van der Waals surface area contributed by atoms with Gasteiger partial charge in [-0.1, -0.05) is 57.2 Å². The summed E-state index contributed by atoms with van der Waals surface area (Å²) in [6.07, 6.45) is 2.04. The lowest BCUT2D eigenvalue weighted by atomic mass is 9.70. The molecule has 0 N–H and O–H groups in total. The fraction of sp³-hybridized carbons (Fsp3) is 0.417. The summed E-state index contributed by atoms with van der Waals surface area (Å²) >= 11 is 0. The Morgan fingerprint density at radius 3 is 2.41 bits per heavy atom. The van der Waals surface area contributed by atoms with Crippen LogP contribution >= 0.6 is 0 Å². The molecule has 0 radical (unpaired) electrons. The van der Waals surface area contributed by atoms with Gasteiger partial charge >= 0.3 is 0 Å². The van der Waals surface area contributed by atoms with Crippen LogP contribution in [0.1, 0.15) is 61.0 Å². The Bertz CT molecular complexity index is 827. The lowest BCUT2D eigenvalue weighted by Gasteiger charge is -2.32. The van der Waals surface area contributed by atoms with Crippen molar-refractivity contribution < 1.29 is 14.3 Å². The van der Waals surface area contributed by atoms with Gasteiger partial charge in [0.2, 0.25) is 0 Å². The van der Waals surface area contributed by atoms with Crippen molar-refractivity contribution in [1.29, 1.82) is 0 Å². The number of aryl methyl sites for hydroxylation is 1. The van der Waals surface area contributed by atoms with Crippen molar-refractivity contribution in [2.75, 3.05) is 7.11 Å². The summed E-state index contributed by atoms with van der Waals surface area (Å²) in [6, 6.07) is 15.7. The first kappa shape index (κ1) is 19.3. The average molecular weight is 364 g/mol. The molecule has 142 valence electrons. The van der Waals surface area contributed by atoms with Crippen molar-refractivity contribution in [3.8, 4) is 5.75 Å². The molecule has 3 nitrogen and oxygen atoms in total. The summed E-state index contributed by atoms with van der Waals surface area (Å²) < 4.78 is 5.26. The number of Topliss-reactive ketones (excluding diaryl/α,β-unsaturated/α-hetero) is 2. The minimum Gasteiger partial charge on any atom is -0.497 e. The Labute approximate surface area is 161 Å². The molecule has 0 amide bonds. The second-order valence-electron chi connectivity index (χ2n) is 8.42. The van der Waals surface area contributed by atoms with Crippen LogP contribution < -0.4 is 4.74 Å². The van der Waals surface area contributed by atoms with Gasteiger partial charge in [0.15, 0.2) is 5.78 Å². The predicted molar refractivity (Wildman–Crippen MR) is 107 cm³/mol. The van der Waals surface area contributed by atoms with Crippen LogP contribution in [0.2, 0.25) is 0 Å². The minimum absolute atomic E-state index is 0.108. The zero-order chi connectivity index (χ0) is 19.6. The molecular weight excluding hydrogens is 336 g/mol. The Morgan fingerprint density at radius 1 is 1.11 bits per heavy atom. The molecule has 0 unspecified atom stereocenters. The van der Waals surface area contributed by atoms with Gasteiger partial charge in [-0.2, -0.15) is 0 Å². The summed E-state index contributed by atoms with van der Waals surface area (Å²) in [6.45, 7) is 5.83. The molecule has 0 saturated heterocycles. The van der Waals surface area contributed by atoms with E-state index in [2.05, 4.69) is 0 Å². The molecule has 2 atom stereocenters. The summed E-state index contributed by atoms with van der Waals surface area (Å²) in [5.74, 6) is 0.859. The quantitative estimate of drug-likeness (QED) is 0.730. The molecule has 0 bridgehead atoms. The van der Waals surface area contributed by atoms with Gasteiger partial charge < -0.3 is 4.74 Å². The first-order chi connectivity index (χ1) is 12.8. The van der Waals surface area contributed by atoms with E-state index >= 15 is 0 Å². The monoisotopic (exact) mass is 364 g/mol. The van der Waals surface area contributed by atoms with Gasteiger partial charge in [-0.05, 0) is 36.1 Å². The number of rotatable bonds is 5. The second kappa shape index (κ2) is 7.67. The third-order valence-electron chi connectivity index (χ3n) is 5.62. The van der Waals surface area contributed by atoms with E-state index < -0.39 is 5.41 Å². The van der Waals surface area contributed by atoms with E-state index in [0.29, 0.717) is 6.42 Å². The Morgan fingerprint density at radius 2 is 1.78 bits per heavy atom. The van der Waals surface area contributed by atoms with Crippen LogP contribution in [0.25, 0.3) is 0 Å². The molecule has 0 spiro atoms. The molecule has 2 aromatic carbocycles. The third kappa shape index (κ3) is 4.13. The van der Waals surface area contributed by atoms with Gasteiger partial charge in [-0.15, -0.1) is 0 Å². The van der Waals surface area contributed by atoms with E-state index in [-0.39, 0.29) is 23.4 Å². The number of hydrogen-bond donors (Lipinski definition) is 0. The van der Waals surface area contributed by atoms with Crippen molar-refractivity contribution in [3.63, 3.8) is 0 Å². The number of ketones is 2. The number of carbonyl (C=O) groups excluding carboxylic acids is 2. The van der Waals surface area contributed by atoms with Crippen molar-refractivity contribution in [2.45, 2.75) is 46.0 Å². The summed E-state index contributed by atoms with van der Waals surface area (Å²) in [7, 11) is 1.64. The molecule has 0 aromatic heterocycles. The molecule has 2 aromatic rings. The van der Waals surface area contributed by atoms with E-state index in [4.69, 9.17) is 4.74 Å². The summed E-state index contributed by atoms with van der Waals surface area (Å²) in [4.78, 5) is 26.1. The SMILES string of the molecule is COc1ccc([C@H](CC(=O)C(C)(C)C)[C@@H]2CCc3ccccc3C2=O)cc1. The topological polar surface area (TPSA) is 43.4 Å². The summed E-state index contributed by atoms with van der Waals surface area (Å²) in [5, 5.41) is 0. The molecule has 0 fully saturated rings. The van der Waals surface area contributed by atoms with Crippen molar-refractivity contribution in [1.82, 2.24) is 0 Å². The van der Waals surface area contributed by atoms with E-state index in [0.717, 1.165) is 35.3 Å². The summed E-state index contributed by atoms with van der Waals surface area (Å²) in [5.41, 5.74) is 2.55. The fourth-order valence-electron chi connectivity index (χ4n) is 3.85. The standard InChI is InChI=1S/C24H28O3/c1-24(2,3)22(25)15-21(17-9-12-18(27-4)13-10-17)20-14-11-16-7-5-6-8-19(16)23(20)26/h5-10,12-13,20-21H,11,14-15H2,1-4H3/t20-,21-/m0/s1. The van der Waals surface area contributed by atoms with E-state index in [1.807, 2.05) is 69.3 Å². The van der Waals surface area contributed by atoms with Gasteiger partial charge in [-0.3, -0.25) is 9.59 Å². The number of methoxy groups -OCH3 is 1. The van der Waals surface area contributed by atoms with Gasteiger partial charge in [-0.25, -0.2) is 0 Å². The molecule has 1 aliphatic carbocycles. The second-order valence-corrected chi connectivity index (χ2v) is 8.42. The molecule has 0 heterocycles. The normalized spacial score (nSPS) is 17.9. The largest absolute Gasteiger partial charge is 0.497 e. The number of carbonyl (C=O) groups is 2. The zero-order valence-electron chi connectivity index (χ0n) is 16.6. The predicted octanol–water partition coefficient (Wildman–Crippen LogP) is 5.23. The van der Waals surface area contributed by atoms with Crippen LogP contribution in [0, 0.1) is 11.3 Å². The number of fused-ring (bicyclic) bond motifs is 1. The maximum atomic E-state index is 13.2. The van der Waals surface area contributed by atoms with Crippen molar-refractivity contribution >= 4 is 11.6 Å². The van der Waals surface area contributed by atoms with E-state index in [1.54, 1.807) is 7.11 Å². The maximum absolute atomic E-state index is 13.2. The molecule has 1 aliphatic rings. The van der Waals surface area contributed by atoms with Crippen LogP contribution in [-0.4, -0.2) is 18.7 Å². The smallest absolute Gasteiger partial charge is 0.166 e. The van der Waals surface area contributed by atoms with Crippen LogP contribution in [0.3, 0.4) is 0 Å². The Kier molecular flexibility index (Phi) is 5.50. The highest BCUT2D eigenvalue weighted by Crippen LogP contribution is 2.39. The van der Waals surface area contributed by atoms with Crippen LogP contribution in [0.4, 0.5) is 0 Å². The Balaban J connectivity index is 1.96. The average Bonchev–Trinajstić information content (AvgIpc) is 2.66. The highest BCUT2D eigenvalue weighted by molar-refractivity contribution is 6.01. The minimum atomic E-state index is -0.416. The van der Waals surface area contributed by atoms with Crippen LogP contribution in [0.15, 0.2) is 48.5 Å². The van der Waals surface area contributed by atoms with Crippen LogP contribution in [-0.2, 0) is 11.2 Å². The van der Waals surface area contributed by atoms with E-state index in [1.165, 1.54) is 0 Å². The first-order valence-electron chi connectivity index (χ1n) is 9.60. The molecule has 0 aliphatic heterocycles.